The number of rotatable bonds is 4. The second-order valence-corrected chi connectivity index (χ2v) is 5.46. The maximum Gasteiger partial charge on any atom is 0.340 e. The van der Waals surface area contributed by atoms with Crippen LogP contribution in [0.15, 0.2) is 30.3 Å². The monoisotopic (exact) mass is 422 g/mol. The van der Waals surface area contributed by atoms with Gasteiger partial charge in [-0.2, -0.15) is 0 Å². The van der Waals surface area contributed by atoms with Crippen LogP contribution in [0.25, 0.3) is 0 Å². The minimum absolute atomic E-state index is 0.0184. The van der Waals surface area contributed by atoms with E-state index in [1.807, 2.05) is 0 Å². The van der Waals surface area contributed by atoms with Gasteiger partial charge in [-0.1, -0.05) is 11.6 Å². The van der Waals surface area contributed by atoms with E-state index in [1.165, 1.54) is 7.11 Å². The Kier molecular flexibility index (Phi) is 4.89. The highest BCUT2D eigenvalue weighted by molar-refractivity contribution is 14.1. The Morgan fingerprint density at radius 1 is 1.33 bits per heavy atom. The quantitative estimate of drug-likeness (QED) is 0.733. The van der Waals surface area contributed by atoms with Gasteiger partial charge in [0.25, 0.3) is 0 Å². The standard InChI is InChI=1S/C14H9ClFIO4/c1-20-13-10(21-8-4-2-7(15)3-5-8)6-9(16)12(17)11(13)14(18)19/h2-6H,1H3,(H,18,19). The summed E-state index contributed by atoms with van der Waals surface area (Å²) in [6.45, 7) is 0. The van der Waals surface area contributed by atoms with Crippen molar-refractivity contribution in [2.75, 3.05) is 7.11 Å². The fraction of sp³-hybridized carbons (Fsp3) is 0.0714. The lowest BCUT2D eigenvalue weighted by Crippen LogP contribution is -2.07. The van der Waals surface area contributed by atoms with Crippen LogP contribution in [0, 0.1) is 9.39 Å². The maximum atomic E-state index is 13.9. The number of methoxy groups -OCH3 is 1. The molecule has 0 radical (unpaired) electrons. The Morgan fingerprint density at radius 3 is 2.48 bits per heavy atom. The first-order valence-corrected chi connectivity index (χ1v) is 7.12. The third-order valence-corrected chi connectivity index (χ3v) is 3.90. The minimum atomic E-state index is -1.29. The molecule has 2 aromatic rings. The highest BCUT2D eigenvalue weighted by Crippen LogP contribution is 2.38. The molecule has 0 bridgehead atoms. The summed E-state index contributed by atoms with van der Waals surface area (Å²) in [7, 11) is 1.30. The van der Waals surface area contributed by atoms with E-state index in [0.29, 0.717) is 10.8 Å². The number of carboxylic acid groups (broad SMARTS) is 1. The number of carbonyl (C=O) groups is 1. The van der Waals surface area contributed by atoms with Crippen molar-refractivity contribution in [3.05, 3.63) is 50.3 Å². The molecule has 0 spiro atoms. The van der Waals surface area contributed by atoms with E-state index >= 15 is 0 Å². The highest BCUT2D eigenvalue weighted by atomic mass is 127. The second kappa shape index (κ2) is 6.48. The molecule has 0 unspecified atom stereocenters. The van der Waals surface area contributed by atoms with Gasteiger partial charge in [-0.25, -0.2) is 9.18 Å². The van der Waals surface area contributed by atoms with Crippen LogP contribution in [0.1, 0.15) is 10.4 Å². The molecule has 0 aliphatic carbocycles. The van der Waals surface area contributed by atoms with Gasteiger partial charge >= 0.3 is 5.97 Å². The summed E-state index contributed by atoms with van der Waals surface area (Å²) in [5.41, 5.74) is -0.276. The number of halogens is 3. The molecular formula is C14H9ClFIO4. The van der Waals surface area contributed by atoms with E-state index in [1.54, 1.807) is 46.9 Å². The zero-order valence-electron chi connectivity index (χ0n) is 10.7. The van der Waals surface area contributed by atoms with Gasteiger partial charge in [-0.15, -0.1) is 0 Å². The van der Waals surface area contributed by atoms with Crippen molar-refractivity contribution in [1.29, 1.82) is 0 Å². The van der Waals surface area contributed by atoms with E-state index < -0.39 is 11.8 Å². The molecule has 0 heterocycles. The SMILES string of the molecule is COc1c(Oc2ccc(Cl)cc2)cc(F)c(I)c1C(=O)O. The predicted molar refractivity (Wildman–Crippen MR) is 84.2 cm³/mol. The van der Waals surface area contributed by atoms with Gasteiger partial charge in [0.1, 0.15) is 17.1 Å². The fourth-order valence-electron chi connectivity index (χ4n) is 1.69. The molecule has 4 nitrogen and oxygen atoms in total. The topological polar surface area (TPSA) is 55.8 Å². The summed E-state index contributed by atoms with van der Waals surface area (Å²) in [5, 5.41) is 9.73. The molecule has 2 aromatic carbocycles. The van der Waals surface area contributed by atoms with Crippen molar-refractivity contribution in [1.82, 2.24) is 0 Å². The molecule has 21 heavy (non-hydrogen) atoms. The highest BCUT2D eigenvalue weighted by Gasteiger charge is 2.24. The van der Waals surface area contributed by atoms with Gasteiger partial charge in [0.2, 0.25) is 0 Å². The zero-order valence-corrected chi connectivity index (χ0v) is 13.6. The number of carboxylic acids is 1. The molecule has 0 amide bonds. The molecule has 110 valence electrons. The molecule has 0 aromatic heterocycles. The Labute approximate surface area is 138 Å². The summed E-state index contributed by atoms with van der Waals surface area (Å²) in [5.74, 6) is -1.66. The lowest BCUT2D eigenvalue weighted by atomic mass is 10.1. The largest absolute Gasteiger partial charge is 0.492 e. The van der Waals surface area contributed by atoms with Crippen molar-refractivity contribution in [2.45, 2.75) is 0 Å². The third kappa shape index (κ3) is 3.38. The summed E-state index contributed by atoms with van der Waals surface area (Å²) in [6, 6.07) is 7.45. The van der Waals surface area contributed by atoms with Crippen LogP contribution < -0.4 is 9.47 Å². The molecule has 2 rings (SSSR count). The van der Waals surface area contributed by atoms with E-state index in [9.17, 15) is 14.3 Å². The summed E-state index contributed by atoms with van der Waals surface area (Å²) < 4.78 is 24.4. The van der Waals surface area contributed by atoms with E-state index in [4.69, 9.17) is 21.1 Å². The molecule has 7 heteroatoms. The first kappa shape index (κ1) is 15.8. The molecule has 0 aliphatic heterocycles. The van der Waals surface area contributed by atoms with Gasteiger partial charge in [0.05, 0.1) is 10.7 Å². The smallest absolute Gasteiger partial charge is 0.340 e. The van der Waals surface area contributed by atoms with Gasteiger partial charge in [-0.3, -0.25) is 0 Å². The summed E-state index contributed by atoms with van der Waals surface area (Å²) in [4.78, 5) is 11.3. The maximum absolute atomic E-state index is 13.9. The van der Waals surface area contributed by atoms with Crippen molar-refractivity contribution in [3.8, 4) is 17.2 Å². The van der Waals surface area contributed by atoms with Crippen LogP contribution in [0.3, 0.4) is 0 Å². The molecule has 0 saturated heterocycles. The van der Waals surface area contributed by atoms with Crippen molar-refractivity contribution in [2.24, 2.45) is 0 Å². The third-order valence-electron chi connectivity index (χ3n) is 2.60. The lowest BCUT2D eigenvalue weighted by molar-refractivity contribution is 0.0690. The van der Waals surface area contributed by atoms with Gasteiger partial charge in [0, 0.05) is 11.1 Å². The Morgan fingerprint density at radius 2 is 1.95 bits per heavy atom. The summed E-state index contributed by atoms with van der Waals surface area (Å²) >= 11 is 7.38. The molecule has 0 fully saturated rings. The second-order valence-electron chi connectivity index (χ2n) is 3.94. The van der Waals surface area contributed by atoms with Gasteiger partial charge in [-0.05, 0) is 46.9 Å². The van der Waals surface area contributed by atoms with Crippen LogP contribution in [0.2, 0.25) is 5.02 Å². The number of aromatic carboxylic acids is 1. The average Bonchev–Trinajstić information content (AvgIpc) is 2.44. The minimum Gasteiger partial charge on any atom is -0.492 e. The van der Waals surface area contributed by atoms with Crippen LogP contribution in [0.4, 0.5) is 4.39 Å². The first-order valence-electron chi connectivity index (χ1n) is 5.66. The molecule has 1 N–H and O–H groups in total. The van der Waals surface area contributed by atoms with Gasteiger partial charge < -0.3 is 14.6 Å². The van der Waals surface area contributed by atoms with Crippen molar-refractivity contribution in [3.63, 3.8) is 0 Å². The number of hydrogen-bond donors (Lipinski definition) is 1. The fourth-order valence-corrected chi connectivity index (χ4v) is 2.44. The normalized spacial score (nSPS) is 10.3. The van der Waals surface area contributed by atoms with E-state index in [-0.39, 0.29) is 20.6 Å². The molecule has 0 saturated carbocycles. The first-order chi connectivity index (χ1) is 9.93. The van der Waals surface area contributed by atoms with Crippen LogP contribution >= 0.6 is 34.2 Å². The molecule has 0 atom stereocenters. The molecular weight excluding hydrogens is 414 g/mol. The number of benzene rings is 2. The summed E-state index contributed by atoms with van der Waals surface area (Å²) in [6.07, 6.45) is 0. The van der Waals surface area contributed by atoms with Gasteiger partial charge in [0.15, 0.2) is 11.5 Å². The van der Waals surface area contributed by atoms with Crippen molar-refractivity contribution < 1.29 is 23.8 Å². The zero-order chi connectivity index (χ0) is 15.6. The Balaban J connectivity index is 2.52. The predicted octanol–water partition coefficient (Wildman–Crippen LogP) is 4.58. The molecule has 0 aliphatic rings. The number of hydrogen-bond acceptors (Lipinski definition) is 3. The van der Waals surface area contributed by atoms with Crippen LogP contribution in [0.5, 0.6) is 17.2 Å². The Bertz CT molecular complexity index is 688. The van der Waals surface area contributed by atoms with Crippen molar-refractivity contribution >= 4 is 40.2 Å². The van der Waals surface area contributed by atoms with Crippen LogP contribution in [-0.2, 0) is 0 Å². The number of ether oxygens (including phenoxy) is 2. The Hall–Kier alpha value is -1.54. The van der Waals surface area contributed by atoms with E-state index in [0.717, 1.165) is 6.07 Å². The van der Waals surface area contributed by atoms with Crippen LogP contribution in [-0.4, -0.2) is 18.2 Å². The average molecular weight is 423 g/mol. The van der Waals surface area contributed by atoms with E-state index in [2.05, 4.69) is 0 Å². The lowest BCUT2D eigenvalue weighted by Gasteiger charge is -2.14.